The molecule has 0 aliphatic heterocycles. The molecule has 1 aliphatic carbocycles. The van der Waals surface area contributed by atoms with Crippen LogP contribution in [-0.4, -0.2) is 10.9 Å². The molecule has 3 rings (SSSR count). The molecule has 2 aromatic rings. The highest BCUT2D eigenvalue weighted by Crippen LogP contribution is 2.22. The first-order valence-corrected chi connectivity index (χ1v) is 8.59. The van der Waals surface area contributed by atoms with Crippen molar-refractivity contribution in [3.05, 3.63) is 68.1 Å². The van der Waals surface area contributed by atoms with E-state index in [0.717, 1.165) is 29.7 Å². The zero-order valence-electron chi connectivity index (χ0n) is 14.4. The zero-order chi connectivity index (χ0) is 17.1. The summed E-state index contributed by atoms with van der Waals surface area (Å²) in [6.45, 7) is 4.02. The zero-order valence-corrected chi connectivity index (χ0v) is 14.4. The van der Waals surface area contributed by atoms with Crippen LogP contribution >= 0.6 is 0 Å². The number of aromatic amines is 1. The van der Waals surface area contributed by atoms with Gasteiger partial charge in [-0.05, 0) is 67.9 Å². The molecule has 1 aliphatic rings. The minimum atomic E-state index is -0.124. The van der Waals surface area contributed by atoms with Crippen LogP contribution in [-0.2, 0) is 30.6 Å². The Hall–Kier alpha value is -2.36. The van der Waals surface area contributed by atoms with Gasteiger partial charge in [-0.3, -0.25) is 9.59 Å². The number of H-pyrrole nitrogens is 1. The van der Waals surface area contributed by atoms with E-state index in [0.29, 0.717) is 12.0 Å². The van der Waals surface area contributed by atoms with E-state index < -0.39 is 0 Å². The van der Waals surface area contributed by atoms with Crippen molar-refractivity contribution in [3.8, 4) is 0 Å². The van der Waals surface area contributed by atoms with Gasteiger partial charge in [-0.1, -0.05) is 18.2 Å². The molecular weight excluding hydrogens is 300 g/mol. The SMILES string of the molecule is Cc1cc(C)c(CNC(=O)Cc2ccc3c(c2)CCCC3)c(=O)[nH]1. The molecule has 24 heavy (non-hydrogen) atoms. The van der Waals surface area contributed by atoms with Crippen molar-refractivity contribution in [3.63, 3.8) is 0 Å². The lowest BCUT2D eigenvalue weighted by atomic mass is 9.90. The summed E-state index contributed by atoms with van der Waals surface area (Å²) in [6.07, 6.45) is 5.12. The fourth-order valence-corrected chi connectivity index (χ4v) is 3.43. The van der Waals surface area contributed by atoms with Gasteiger partial charge in [-0.2, -0.15) is 0 Å². The summed E-state index contributed by atoms with van der Waals surface area (Å²) in [5, 5.41) is 2.87. The Morgan fingerprint density at radius 3 is 2.62 bits per heavy atom. The van der Waals surface area contributed by atoms with Crippen molar-refractivity contribution >= 4 is 5.91 Å². The smallest absolute Gasteiger partial charge is 0.253 e. The molecule has 0 saturated carbocycles. The number of hydrogen-bond donors (Lipinski definition) is 2. The van der Waals surface area contributed by atoms with E-state index in [1.807, 2.05) is 26.0 Å². The summed E-state index contributed by atoms with van der Waals surface area (Å²) in [5.74, 6) is -0.0508. The van der Waals surface area contributed by atoms with Crippen LogP contribution in [0.1, 0.15) is 46.4 Å². The van der Waals surface area contributed by atoms with E-state index in [1.165, 1.54) is 24.0 Å². The average Bonchev–Trinajstić information content (AvgIpc) is 2.53. The lowest BCUT2D eigenvalue weighted by molar-refractivity contribution is -0.120. The number of aryl methyl sites for hydroxylation is 4. The van der Waals surface area contributed by atoms with Gasteiger partial charge in [0.1, 0.15) is 0 Å². The third-order valence-corrected chi connectivity index (χ3v) is 4.73. The lowest BCUT2D eigenvalue weighted by Crippen LogP contribution is -2.29. The molecule has 4 heteroatoms. The molecule has 4 nitrogen and oxygen atoms in total. The van der Waals surface area contributed by atoms with Crippen molar-refractivity contribution in [1.29, 1.82) is 0 Å². The first-order valence-electron chi connectivity index (χ1n) is 8.59. The molecule has 0 fully saturated rings. The number of benzene rings is 1. The van der Waals surface area contributed by atoms with E-state index >= 15 is 0 Å². The van der Waals surface area contributed by atoms with E-state index in [2.05, 4.69) is 22.4 Å². The Balaban J connectivity index is 1.63. The predicted octanol–water partition coefficient (Wildman–Crippen LogP) is 2.73. The van der Waals surface area contributed by atoms with Crippen LogP contribution in [0.5, 0.6) is 0 Å². The second-order valence-corrected chi connectivity index (χ2v) is 6.71. The number of amides is 1. The van der Waals surface area contributed by atoms with Crippen LogP contribution in [0.2, 0.25) is 0 Å². The van der Waals surface area contributed by atoms with Crippen molar-refractivity contribution in [2.24, 2.45) is 0 Å². The third-order valence-electron chi connectivity index (χ3n) is 4.73. The highest BCUT2D eigenvalue weighted by atomic mass is 16.1. The average molecular weight is 324 g/mol. The summed E-state index contributed by atoms with van der Waals surface area (Å²) in [4.78, 5) is 27.0. The molecule has 1 heterocycles. The molecular formula is C20H24N2O2. The molecule has 0 radical (unpaired) electrons. The molecule has 0 bridgehead atoms. The van der Waals surface area contributed by atoms with Gasteiger partial charge in [0.15, 0.2) is 0 Å². The molecule has 0 saturated heterocycles. The van der Waals surface area contributed by atoms with Crippen molar-refractivity contribution < 1.29 is 4.79 Å². The lowest BCUT2D eigenvalue weighted by Gasteiger charge is -2.16. The molecule has 0 atom stereocenters. The summed E-state index contributed by atoms with van der Waals surface area (Å²) in [7, 11) is 0. The molecule has 2 N–H and O–H groups in total. The monoisotopic (exact) mass is 324 g/mol. The number of fused-ring (bicyclic) bond motifs is 1. The van der Waals surface area contributed by atoms with E-state index in [4.69, 9.17) is 0 Å². The number of carbonyl (C=O) groups excluding carboxylic acids is 1. The summed E-state index contributed by atoms with van der Waals surface area (Å²) in [6, 6.07) is 8.30. The number of pyridine rings is 1. The van der Waals surface area contributed by atoms with Gasteiger partial charge in [-0.15, -0.1) is 0 Å². The molecule has 1 amide bonds. The maximum absolute atomic E-state index is 12.2. The number of rotatable bonds is 4. The molecule has 1 aromatic carbocycles. The summed E-state index contributed by atoms with van der Waals surface area (Å²) >= 11 is 0. The predicted molar refractivity (Wildman–Crippen MR) is 95.2 cm³/mol. The maximum Gasteiger partial charge on any atom is 0.253 e. The van der Waals surface area contributed by atoms with Crippen LogP contribution in [0, 0.1) is 13.8 Å². The Morgan fingerprint density at radius 2 is 1.88 bits per heavy atom. The molecule has 0 unspecified atom stereocenters. The van der Waals surface area contributed by atoms with Gasteiger partial charge >= 0.3 is 0 Å². The Labute approximate surface area is 142 Å². The second-order valence-electron chi connectivity index (χ2n) is 6.71. The van der Waals surface area contributed by atoms with Gasteiger partial charge in [0.25, 0.3) is 5.56 Å². The summed E-state index contributed by atoms with van der Waals surface area (Å²) < 4.78 is 0. The molecule has 0 spiro atoms. The van der Waals surface area contributed by atoms with Gasteiger partial charge in [-0.25, -0.2) is 0 Å². The van der Waals surface area contributed by atoms with Gasteiger partial charge in [0.2, 0.25) is 5.91 Å². The van der Waals surface area contributed by atoms with E-state index in [1.54, 1.807) is 0 Å². The number of nitrogens with one attached hydrogen (secondary N) is 2. The van der Waals surface area contributed by atoms with Crippen molar-refractivity contribution in [2.45, 2.75) is 52.5 Å². The summed E-state index contributed by atoms with van der Waals surface area (Å²) in [5.41, 5.74) is 6.10. The van der Waals surface area contributed by atoms with Gasteiger partial charge in [0.05, 0.1) is 6.42 Å². The quantitative estimate of drug-likeness (QED) is 0.908. The fraction of sp³-hybridized carbons (Fsp3) is 0.400. The van der Waals surface area contributed by atoms with E-state index in [-0.39, 0.29) is 18.0 Å². The maximum atomic E-state index is 12.2. The first-order chi connectivity index (χ1) is 11.5. The topological polar surface area (TPSA) is 62.0 Å². The fourth-order valence-electron chi connectivity index (χ4n) is 3.43. The van der Waals surface area contributed by atoms with Crippen molar-refractivity contribution in [1.82, 2.24) is 10.3 Å². The molecule has 1 aromatic heterocycles. The van der Waals surface area contributed by atoms with Gasteiger partial charge in [0, 0.05) is 17.8 Å². The Kier molecular flexibility index (Phi) is 4.84. The van der Waals surface area contributed by atoms with Crippen LogP contribution in [0.25, 0.3) is 0 Å². The number of aromatic nitrogens is 1. The number of carbonyl (C=O) groups is 1. The highest BCUT2D eigenvalue weighted by Gasteiger charge is 2.12. The third kappa shape index (κ3) is 3.75. The van der Waals surface area contributed by atoms with Crippen LogP contribution in [0.15, 0.2) is 29.1 Å². The minimum Gasteiger partial charge on any atom is -0.352 e. The Bertz CT molecular complexity index is 821. The number of hydrogen-bond acceptors (Lipinski definition) is 2. The molecule has 126 valence electrons. The van der Waals surface area contributed by atoms with Crippen molar-refractivity contribution in [2.75, 3.05) is 0 Å². The van der Waals surface area contributed by atoms with Gasteiger partial charge < -0.3 is 10.3 Å². The van der Waals surface area contributed by atoms with E-state index in [9.17, 15) is 9.59 Å². The van der Waals surface area contributed by atoms with Crippen LogP contribution in [0.3, 0.4) is 0 Å². The van der Waals surface area contributed by atoms with Crippen LogP contribution in [0.4, 0.5) is 0 Å². The minimum absolute atomic E-state index is 0.0508. The normalized spacial score (nSPS) is 13.4. The largest absolute Gasteiger partial charge is 0.352 e. The standard InChI is InChI=1S/C20H24N2O2/c1-13-9-14(2)22-20(24)18(13)12-21-19(23)11-15-7-8-16-5-3-4-6-17(16)10-15/h7-10H,3-6,11-12H2,1-2H3,(H,21,23)(H,22,24). The van der Waals surface area contributed by atoms with Crippen LogP contribution < -0.4 is 10.9 Å². The highest BCUT2D eigenvalue weighted by molar-refractivity contribution is 5.78. The Morgan fingerprint density at radius 1 is 1.12 bits per heavy atom. The second kappa shape index (κ2) is 7.04. The first kappa shape index (κ1) is 16.5.